The molecule has 100 valence electrons. The number of hydrogen-bond acceptors (Lipinski definition) is 4. The first-order chi connectivity index (χ1) is 8.58. The minimum Gasteiger partial charge on any atom is -0.497 e. The maximum absolute atomic E-state index is 11.4. The van der Waals surface area contributed by atoms with E-state index in [2.05, 4.69) is 0 Å². The van der Waals surface area contributed by atoms with Crippen LogP contribution in [0.3, 0.4) is 0 Å². The van der Waals surface area contributed by atoms with Gasteiger partial charge < -0.3 is 19.5 Å². The van der Waals surface area contributed by atoms with Crippen molar-refractivity contribution in [3.05, 3.63) is 23.8 Å². The molecule has 1 aromatic carbocycles. The molecule has 0 atom stereocenters. The number of amides is 1. The van der Waals surface area contributed by atoms with Gasteiger partial charge in [-0.2, -0.15) is 0 Å². The Bertz CT molecular complexity index is 404. The molecule has 0 heterocycles. The van der Waals surface area contributed by atoms with Gasteiger partial charge in [0.05, 0.1) is 26.7 Å². The molecule has 1 amide bonds. The quantitative estimate of drug-likeness (QED) is 0.823. The molecule has 0 unspecified atom stereocenters. The smallest absolute Gasteiger partial charge is 0.225 e. The molecule has 0 aliphatic heterocycles. The molecule has 1 N–H and O–H groups in total. The highest BCUT2D eigenvalue weighted by atomic mass is 16.5. The summed E-state index contributed by atoms with van der Waals surface area (Å²) in [6.45, 7) is 0.165. The molecule has 0 aliphatic carbocycles. The van der Waals surface area contributed by atoms with Crippen molar-refractivity contribution in [2.75, 3.05) is 27.8 Å². The highest BCUT2D eigenvalue weighted by Gasteiger charge is 2.07. The number of aliphatic hydroxyl groups excluding tert-OH is 1. The van der Waals surface area contributed by atoms with E-state index in [0.717, 1.165) is 0 Å². The van der Waals surface area contributed by atoms with Crippen LogP contribution in [0.4, 0.5) is 0 Å². The van der Waals surface area contributed by atoms with Crippen LogP contribution >= 0.6 is 0 Å². The average molecular weight is 253 g/mol. The summed E-state index contributed by atoms with van der Waals surface area (Å²) < 4.78 is 10.6. The van der Waals surface area contributed by atoms with E-state index in [0.29, 0.717) is 23.5 Å². The largest absolute Gasteiger partial charge is 0.497 e. The van der Waals surface area contributed by atoms with Crippen molar-refractivity contribution in [1.29, 1.82) is 0 Å². The summed E-state index contributed by atoms with van der Waals surface area (Å²) in [6, 6.07) is 5.19. The predicted octanol–water partition coefficient (Wildman–Crippen LogP) is 1.04. The van der Waals surface area contributed by atoms with Gasteiger partial charge in [-0.15, -0.1) is 0 Å². The molecule has 0 aromatic heterocycles. The summed E-state index contributed by atoms with van der Waals surface area (Å²) in [4.78, 5) is 12.9. The van der Waals surface area contributed by atoms with Gasteiger partial charge in [0.2, 0.25) is 5.91 Å². The minimum absolute atomic E-state index is 0.00319. The average Bonchev–Trinajstić information content (AvgIpc) is 2.38. The Morgan fingerprint density at radius 3 is 2.67 bits per heavy atom. The van der Waals surface area contributed by atoms with Gasteiger partial charge in [-0.05, 0) is 12.1 Å². The Hall–Kier alpha value is -1.75. The molecular formula is C13H19NO4. The van der Waals surface area contributed by atoms with Crippen molar-refractivity contribution >= 4 is 5.91 Å². The highest BCUT2D eigenvalue weighted by Crippen LogP contribution is 2.24. The second-order valence-corrected chi connectivity index (χ2v) is 4.02. The van der Waals surface area contributed by atoms with Gasteiger partial charge >= 0.3 is 0 Å². The van der Waals surface area contributed by atoms with E-state index < -0.39 is 0 Å². The van der Waals surface area contributed by atoms with E-state index in [-0.39, 0.29) is 19.1 Å². The van der Waals surface area contributed by atoms with E-state index in [1.807, 2.05) is 0 Å². The van der Waals surface area contributed by atoms with Crippen molar-refractivity contribution in [3.63, 3.8) is 0 Å². The Balaban J connectivity index is 2.62. The molecule has 1 aromatic rings. The summed E-state index contributed by atoms with van der Waals surface area (Å²) in [5, 5.41) is 9.18. The van der Waals surface area contributed by atoms with E-state index >= 15 is 0 Å². The number of aliphatic hydroxyl groups is 1. The van der Waals surface area contributed by atoms with E-state index in [9.17, 15) is 9.90 Å². The van der Waals surface area contributed by atoms with Gasteiger partial charge in [0.15, 0.2) is 0 Å². The van der Waals surface area contributed by atoms with Gasteiger partial charge in [0.1, 0.15) is 11.5 Å². The van der Waals surface area contributed by atoms with E-state index in [4.69, 9.17) is 9.47 Å². The van der Waals surface area contributed by atoms with Crippen molar-refractivity contribution in [1.82, 2.24) is 4.90 Å². The van der Waals surface area contributed by atoms with Crippen LogP contribution in [0.25, 0.3) is 0 Å². The molecule has 0 radical (unpaired) electrons. The maximum atomic E-state index is 11.4. The van der Waals surface area contributed by atoms with E-state index in [1.165, 1.54) is 4.90 Å². The van der Waals surface area contributed by atoms with Crippen molar-refractivity contribution in [2.24, 2.45) is 0 Å². The molecule has 5 heteroatoms. The van der Waals surface area contributed by atoms with Gasteiger partial charge in [-0.3, -0.25) is 4.79 Å². The number of methoxy groups -OCH3 is 1. The molecule has 18 heavy (non-hydrogen) atoms. The van der Waals surface area contributed by atoms with Crippen LogP contribution in [-0.2, 0) is 11.4 Å². The summed E-state index contributed by atoms with van der Waals surface area (Å²) >= 11 is 0. The van der Waals surface area contributed by atoms with Crippen molar-refractivity contribution < 1.29 is 19.4 Å². The summed E-state index contributed by atoms with van der Waals surface area (Å²) in [6.07, 6.45) is 0.301. The lowest BCUT2D eigenvalue weighted by molar-refractivity contribution is -0.129. The topological polar surface area (TPSA) is 59.0 Å². The third kappa shape index (κ3) is 3.92. The Labute approximate surface area is 107 Å². The van der Waals surface area contributed by atoms with Crippen molar-refractivity contribution in [3.8, 4) is 11.5 Å². The van der Waals surface area contributed by atoms with Crippen LogP contribution in [0.5, 0.6) is 11.5 Å². The molecule has 0 aliphatic rings. The van der Waals surface area contributed by atoms with Gasteiger partial charge in [-0.1, -0.05) is 0 Å². The number of hydrogen-bond donors (Lipinski definition) is 1. The number of ether oxygens (including phenoxy) is 2. The second kappa shape index (κ2) is 6.86. The lowest BCUT2D eigenvalue weighted by Gasteiger charge is -2.13. The number of benzene rings is 1. The monoisotopic (exact) mass is 253 g/mol. The standard InChI is InChI=1S/C13H19NO4/c1-14(2)13(16)6-7-18-12-8-11(17-3)5-4-10(12)9-15/h4-5,8,15H,6-7,9H2,1-3H3. The fourth-order valence-electron chi connectivity index (χ4n) is 1.40. The molecule has 0 saturated carbocycles. The first-order valence-electron chi connectivity index (χ1n) is 5.69. The fourth-order valence-corrected chi connectivity index (χ4v) is 1.40. The first kappa shape index (κ1) is 14.3. The van der Waals surface area contributed by atoms with Crippen LogP contribution in [-0.4, -0.2) is 43.7 Å². The zero-order valence-electron chi connectivity index (χ0n) is 11.0. The number of carbonyl (C=O) groups is 1. The molecular weight excluding hydrogens is 234 g/mol. The SMILES string of the molecule is COc1ccc(CO)c(OCCC(=O)N(C)C)c1. The summed E-state index contributed by atoms with van der Waals surface area (Å²) in [7, 11) is 4.97. The van der Waals surface area contributed by atoms with Gasteiger partial charge in [0.25, 0.3) is 0 Å². The zero-order valence-corrected chi connectivity index (χ0v) is 11.0. The zero-order chi connectivity index (χ0) is 13.5. The Kier molecular flexibility index (Phi) is 5.45. The second-order valence-electron chi connectivity index (χ2n) is 4.02. The normalized spacial score (nSPS) is 10.0. The maximum Gasteiger partial charge on any atom is 0.225 e. The van der Waals surface area contributed by atoms with Crippen LogP contribution in [0.15, 0.2) is 18.2 Å². The summed E-state index contributed by atoms with van der Waals surface area (Å²) in [5.74, 6) is 1.20. The number of rotatable bonds is 6. The van der Waals surface area contributed by atoms with Gasteiger partial charge in [0, 0.05) is 25.7 Å². The van der Waals surface area contributed by atoms with Crippen LogP contribution in [0.2, 0.25) is 0 Å². The summed E-state index contributed by atoms with van der Waals surface area (Å²) in [5.41, 5.74) is 0.674. The molecule has 1 rings (SSSR count). The van der Waals surface area contributed by atoms with Crippen LogP contribution < -0.4 is 9.47 Å². The first-order valence-corrected chi connectivity index (χ1v) is 5.69. The molecule has 5 nitrogen and oxygen atoms in total. The Morgan fingerprint density at radius 1 is 1.39 bits per heavy atom. The van der Waals surface area contributed by atoms with E-state index in [1.54, 1.807) is 39.4 Å². The van der Waals surface area contributed by atoms with Crippen molar-refractivity contribution in [2.45, 2.75) is 13.0 Å². The molecule has 0 saturated heterocycles. The lowest BCUT2D eigenvalue weighted by atomic mass is 10.2. The Morgan fingerprint density at radius 2 is 2.11 bits per heavy atom. The van der Waals surface area contributed by atoms with Crippen LogP contribution in [0.1, 0.15) is 12.0 Å². The van der Waals surface area contributed by atoms with Gasteiger partial charge in [-0.25, -0.2) is 0 Å². The highest BCUT2D eigenvalue weighted by molar-refractivity contribution is 5.75. The third-order valence-electron chi connectivity index (χ3n) is 2.52. The molecule has 0 spiro atoms. The number of nitrogens with zero attached hydrogens (tertiary/aromatic N) is 1. The third-order valence-corrected chi connectivity index (χ3v) is 2.52. The lowest BCUT2D eigenvalue weighted by Crippen LogP contribution is -2.23. The minimum atomic E-state index is -0.110. The fraction of sp³-hybridized carbons (Fsp3) is 0.462. The van der Waals surface area contributed by atoms with Crippen LogP contribution in [0, 0.1) is 0 Å². The molecule has 0 fully saturated rings. The predicted molar refractivity (Wildman–Crippen MR) is 67.7 cm³/mol. The molecule has 0 bridgehead atoms. The number of carbonyl (C=O) groups excluding carboxylic acids is 1.